The summed E-state index contributed by atoms with van der Waals surface area (Å²) in [7, 11) is 0. The van der Waals surface area contributed by atoms with Crippen LogP contribution in [0.3, 0.4) is 0 Å². The SMILES string of the molecule is CC(C)(CCl)C(=O)NCC(F)F. The van der Waals surface area contributed by atoms with Crippen molar-refractivity contribution in [2.45, 2.75) is 20.3 Å². The topological polar surface area (TPSA) is 29.1 Å². The van der Waals surface area contributed by atoms with Crippen LogP contribution in [0.2, 0.25) is 0 Å². The Balaban J connectivity index is 3.88. The number of hydrogen-bond acceptors (Lipinski definition) is 1. The number of rotatable bonds is 4. The summed E-state index contributed by atoms with van der Waals surface area (Å²) in [6, 6.07) is 0. The van der Waals surface area contributed by atoms with Gasteiger partial charge in [0.25, 0.3) is 6.43 Å². The van der Waals surface area contributed by atoms with Gasteiger partial charge in [0.1, 0.15) is 0 Å². The third-order valence-corrected chi connectivity index (χ3v) is 2.03. The van der Waals surface area contributed by atoms with Crippen molar-refractivity contribution in [1.82, 2.24) is 5.32 Å². The molecule has 0 bridgehead atoms. The summed E-state index contributed by atoms with van der Waals surface area (Å²) in [5, 5.41) is 2.10. The van der Waals surface area contributed by atoms with E-state index in [1.54, 1.807) is 13.8 Å². The fourth-order valence-corrected chi connectivity index (χ4v) is 0.591. The van der Waals surface area contributed by atoms with Crippen molar-refractivity contribution in [3.05, 3.63) is 0 Å². The molecule has 0 saturated heterocycles. The highest BCUT2D eigenvalue weighted by molar-refractivity contribution is 6.19. The molecule has 0 aliphatic carbocycles. The molecule has 2 nitrogen and oxygen atoms in total. The zero-order valence-corrected chi connectivity index (χ0v) is 7.79. The smallest absolute Gasteiger partial charge is 0.255 e. The first-order valence-corrected chi connectivity index (χ1v) is 4.06. The van der Waals surface area contributed by atoms with E-state index in [1.807, 2.05) is 0 Å². The Kier molecular flexibility index (Phi) is 4.45. The molecular weight excluding hydrogens is 188 g/mol. The number of amides is 1. The van der Waals surface area contributed by atoms with E-state index in [0.717, 1.165) is 0 Å². The van der Waals surface area contributed by atoms with Gasteiger partial charge < -0.3 is 5.32 Å². The predicted octanol–water partition coefficient (Wildman–Crippen LogP) is 1.63. The van der Waals surface area contributed by atoms with Gasteiger partial charge in [-0.05, 0) is 13.8 Å². The molecule has 1 N–H and O–H groups in total. The molecular formula is C7H12ClF2NO. The van der Waals surface area contributed by atoms with Crippen LogP contribution in [0.15, 0.2) is 0 Å². The van der Waals surface area contributed by atoms with E-state index in [-0.39, 0.29) is 5.88 Å². The van der Waals surface area contributed by atoms with Gasteiger partial charge in [-0.3, -0.25) is 4.79 Å². The molecule has 0 aromatic rings. The normalized spacial score (nSPS) is 11.8. The van der Waals surface area contributed by atoms with Crippen molar-refractivity contribution >= 4 is 17.5 Å². The Labute approximate surface area is 75.3 Å². The second kappa shape index (κ2) is 4.60. The van der Waals surface area contributed by atoms with Crippen LogP contribution in [0.5, 0.6) is 0 Å². The lowest BCUT2D eigenvalue weighted by Crippen LogP contribution is -2.40. The Morgan fingerprint density at radius 1 is 1.58 bits per heavy atom. The van der Waals surface area contributed by atoms with Gasteiger partial charge in [0, 0.05) is 5.88 Å². The molecule has 0 spiro atoms. The fraction of sp³-hybridized carbons (Fsp3) is 0.857. The summed E-state index contributed by atoms with van der Waals surface area (Å²) in [5.74, 6) is -0.333. The molecule has 5 heteroatoms. The van der Waals surface area contributed by atoms with E-state index < -0.39 is 24.3 Å². The number of alkyl halides is 3. The summed E-state index contributed by atoms with van der Waals surface area (Å²) in [6.07, 6.45) is -2.51. The molecule has 0 atom stereocenters. The number of carbonyl (C=O) groups is 1. The van der Waals surface area contributed by atoms with E-state index in [2.05, 4.69) is 5.32 Å². The van der Waals surface area contributed by atoms with Gasteiger partial charge in [-0.15, -0.1) is 11.6 Å². The van der Waals surface area contributed by atoms with Crippen molar-refractivity contribution in [2.75, 3.05) is 12.4 Å². The zero-order valence-electron chi connectivity index (χ0n) is 7.03. The number of carbonyl (C=O) groups excluding carboxylic acids is 1. The zero-order chi connectivity index (χ0) is 9.78. The van der Waals surface area contributed by atoms with Crippen LogP contribution in [0.4, 0.5) is 8.78 Å². The van der Waals surface area contributed by atoms with Gasteiger partial charge in [0.05, 0.1) is 12.0 Å². The molecule has 0 aromatic heterocycles. The Hall–Kier alpha value is -0.380. The Morgan fingerprint density at radius 2 is 2.08 bits per heavy atom. The first-order valence-electron chi connectivity index (χ1n) is 3.52. The van der Waals surface area contributed by atoms with E-state index in [9.17, 15) is 13.6 Å². The lowest BCUT2D eigenvalue weighted by atomic mass is 9.95. The third-order valence-electron chi connectivity index (χ3n) is 1.37. The van der Waals surface area contributed by atoms with E-state index >= 15 is 0 Å². The molecule has 0 saturated carbocycles. The monoisotopic (exact) mass is 199 g/mol. The largest absolute Gasteiger partial charge is 0.350 e. The van der Waals surface area contributed by atoms with Crippen LogP contribution in [0, 0.1) is 5.41 Å². The highest BCUT2D eigenvalue weighted by Gasteiger charge is 2.26. The Bertz CT molecular complexity index is 161. The first-order chi connectivity index (χ1) is 5.40. The highest BCUT2D eigenvalue weighted by atomic mass is 35.5. The number of halogens is 3. The van der Waals surface area contributed by atoms with Crippen molar-refractivity contribution in [3.63, 3.8) is 0 Å². The van der Waals surface area contributed by atoms with Crippen LogP contribution < -0.4 is 5.32 Å². The van der Waals surface area contributed by atoms with E-state index in [4.69, 9.17) is 11.6 Å². The minimum absolute atomic E-state index is 0.113. The summed E-state index contributed by atoms with van der Waals surface area (Å²) in [6.45, 7) is 2.58. The van der Waals surface area contributed by atoms with Crippen LogP contribution in [-0.4, -0.2) is 24.8 Å². The molecule has 72 valence electrons. The standard InChI is InChI=1S/C7H12ClF2NO/c1-7(2,4-8)6(12)11-3-5(9)10/h5H,3-4H2,1-2H3,(H,11,12). The number of nitrogens with one attached hydrogen (secondary N) is 1. The van der Waals surface area contributed by atoms with Gasteiger partial charge in [0.2, 0.25) is 5.91 Å². The first kappa shape index (κ1) is 11.6. The minimum atomic E-state index is -2.51. The fourth-order valence-electron chi connectivity index (χ4n) is 0.470. The van der Waals surface area contributed by atoms with Gasteiger partial charge in [-0.1, -0.05) is 0 Å². The quantitative estimate of drug-likeness (QED) is 0.686. The van der Waals surface area contributed by atoms with Crippen molar-refractivity contribution in [3.8, 4) is 0 Å². The molecule has 0 aliphatic heterocycles. The average Bonchev–Trinajstić information content (AvgIpc) is 2.00. The molecule has 0 aromatic carbocycles. The summed E-state index contributed by atoms with van der Waals surface area (Å²) >= 11 is 5.46. The summed E-state index contributed by atoms with van der Waals surface area (Å²) in [5.41, 5.74) is -0.781. The highest BCUT2D eigenvalue weighted by Crippen LogP contribution is 2.16. The molecule has 12 heavy (non-hydrogen) atoms. The van der Waals surface area contributed by atoms with Crippen LogP contribution >= 0.6 is 11.6 Å². The van der Waals surface area contributed by atoms with E-state index in [1.165, 1.54) is 0 Å². The van der Waals surface area contributed by atoms with Crippen LogP contribution in [-0.2, 0) is 4.79 Å². The molecule has 0 fully saturated rings. The maximum Gasteiger partial charge on any atom is 0.255 e. The molecule has 0 radical (unpaired) electrons. The van der Waals surface area contributed by atoms with Gasteiger partial charge in [-0.2, -0.15) is 0 Å². The second-order valence-corrected chi connectivity index (χ2v) is 3.39. The average molecular weight is 200 g/mol. The molecule has 0 rings (SSSR count). The molecule has 0 unspecified atom stereocenters. The number of hydrogen-bond donors (Lipinski definition) is 1. The molecule has 1 amide bonds. The predicted molar refractivity (Wildman–Crippen MR) is 43.5 cm³/mol. The van der Waals surface area contributed by atoms with Gasteiger partial charge in [-0.25, -0.2) is 8.78 Å². The maximum atomic E-state index is 11.6. The van der Waals surface area contributed by atoms with Crippen molar-refractivity contribution in [1.29, 1.82) is 0 Å². The molecule has 0 aliphatic rings. The molecule has 0 heterocycles. The summed E-state index contributed by atoms with van der Waals surface area (Å²) < 4.78 is 23.3. The maximum absolute atomic E-state index is 11.6. The lowest BCUT2D eigenvalue weighted by Gasteiger charge is -2.19. The van der Waals surface area contributed by atoms with Crippen LogP contribution in [0.1, 0.15) is 13.8 Å². The second-order valence-electron chi connectivity index (χ2n) is 3.12. The van der Waals surface area contributed by atoms with E-state index in [0.29, 0.717) is 0 Å². The van der Waals surface area contributed by atoms with Crippen LogP contribution in [0.25, 0.3) is 0 Å². The van der Waals surface area contributed by atoms with Gasteiger partial charge in [0.15, 0.2) is 0 Å². The third kappa shape index (κ3) is 3.85. The van der Waals surface area contributed by atoms with Crippen molar-refractivity contribution < 1.29 is 13.6 Å². The summed E-state index contributed by atoms with van der Waals surface area (Å²) in [4.78, 5) is 11.1. The lowest BCUT2D eigenvalue weighted by molar-refractivity contribution is -0.128. The van der Waals surface area contributed by atoms with Gasteiger partial charge >= 0.3 is 0 Å². The minimum Gasteiger partial charge on any atom is -0.350 e. The van der Waals surface area contributed by atoms with Crippen molar-refractivity contribution in [2.24, 2.45) is 5.41 Å². The Morgan fingerprint density at radius 3 is 2.42 bits per heavy atom.